The molecular formula is C35H49N8O10P. The highest BCUT2D eigenvalue weighted by molar-refractivity contribution is 7.46. The molecule has 19 heteroatoms. The summed E-state index contributed by atoms with van der Waals surface area (Å²) in [6.07, 6.45) is 3.34. The normalized spacial score (nSPS) is 17.0. The molecule has 1 aliphatic rings. The molecule has 2 aromatic carbocycles. The predicted molar refractivity (Wildman–Crippen MR) is 198 cm³/mol. The Morgan fingerprint density at radius 3 is 2.09 bits per heavy atom. The largest absolute Gasteiger partial charge is 0.508 e. The molecule has 0 bridgehead atoms. The van der Waals surface area contributed by atoms with Gasteiger partial charge in [-0.05, 0) is 55.4 Å². The quantitative estimate of drug-likeness (QED) is 0.0268. The Balaban J connectivity index is 1.87. The number of rotatable bonds is 20. The lowest BCUT2D eigenvalue weighted by Crippen LogP contribution is -2.56. The van der Waals surface area contributed by atoms with Crippen LogP contribution in [0.1, 0.15) is 50.2 Å². The molecule has 18 nitrogen and oxygen atoms in total. The average molecular weight is 773 g/mol. The number of phenolic OH excluding ortho intramolecular Hbond substituents is 1. The standard InChI is InChI=1S/C35H49N8O10P/c1-21(44)40-29(17-22-7-3-2-4-8-22)34(49)43-30(18-23-12-14-26(45)15-13-23)33(48)41-25(20-53-54(50,51)52)19-24-9-5-10-27(24)32(47)42-28(31(36)46)11-6-16-39-35(37)38/h2-4,7-8,12-15,19,25,27-30,45H,5-6,9-11,16-18,20H2,1H3,(H2,36,46)(H,40,44)(H,41,48)(H,42,47)(H,43,49)(H4,37,38,39)(H2,50,51,52)/b24-19+/t25-,27-,28+,29+,30+/m1/s1. The molecule has 5 amide bonds. The van der Waals surface area contributed by atoms with Crippen molar-refractivity contribution >= 4 is 43.3 Å². The smallest absolute Gasteiger partial charge is 0.469 e. The number of amides is 5. The van der Waals surface area contributed by atoms with Crippen LogP contribution in [0, 0.1) is 5.92 Å². The maximum Gasteiger partial charge on any atom is 0.469 e. The first-order chi connectivity index (χ1) is 25.5. The van der Waals surface area contributed by atoms with Gasteiger partial charge in [0.2, 0.25) is 29.5 Å². The maximum atomic E-state index is 14.0. The Hall–Kier alpha value is -5.29. The van der Waals surface area contributed by atoms with Crippen LogP contribution < -0.4 is 38.5 Å². The molecule has 1 saturated carbocycles. The highest BCUT2D eigenvalue weighted by atomic mass is 31.2. The second kappa shape index (κ2) is 20.8. The molecule has 0 saturated heterocycles. The number of guanidine groups is 1. The lowest BCUT2D eigenvalue weighted by Gasteiger charge is -2.25. The zero-order chi connectivity index (χ0) is 39.8. The van der Waals surface area contributed by atoms with Crippen molar-refractivity contribution in [1.82, 2.24) is 21.3 Å². The minimum Gasteiger partial charge on any atom is -0.508 e. The van der Waals surface area contributed by atoms with Crippen LogP contribution in [0.3, 0.4) is 0 Å². The molecule has 1 fully saturated rings. The fraction of sp³-hybridized carbons (Fsp3) is 0.429. The number of carbonyl (C=O) groups excluding carboxylic acids is 5. The van der Waals surface area contributed by atoms with Crippen molar-refractivity contribution in [3.8, 4) is 5.75 Å². The van der Waals surface area contributed by atoms with Crippen LogP contribution in [-0.4, -0.2) is 87.7 Å². The number of nitrogens with zero attached hydrogens (tertiary/aromatic N) is 1. The minimum absolute atomic E-state index is 0.0260. The lowest BCUT2D eigenvalue weighted by atomic mass is 9.98. The van der Waals surface area contributed by atoms with Crippen LogP contribution >= 0.6 is 7.82 Å². The summed E-state index contributed by atoms with van der Waals surface area (Å²) < 4.78 is 16.5. The van der Waals surface area contributed by atoms with Crippen molar-refractivity contribution in [3.63, 3.8) is 0 Å². The Labute approximate surface area is 312 Å². The highest BCUT2D eigenvalue weighted by Gasteiger charge is 2.33. The fourth-order valence-electron chi connectivity index (χ4n) is 5.93. The van der Waals surface area contributed by atoms with E-state index in [-0.39, 0.29) is 37.5 Å². The van der Waals surface area contributed by atoms with Crippen molar-refractivity contribution in [3.05, 3.63) is 77.4 Å². The Bertz CT molecular complexity index is 1710. The number of hydrogen-bond acceptors (Lipinski definition) is 9. The lowest BCUT2D eigenvalue weighted by molar-refractivity contribution is -0.131. The third kappa shape index (κ3) is 15.4. The number of nitrogens with one attached hydrogen (secondary N) is 4. The van der Waals surface area contributed by atoms with E-state index >= 15 is 0 Å². The summed E-state index contributed by atoms with van der Waals surface area (Å²) in [5.74, 6) is -4.11. The van der Waals surface area contributed by atoms with E-state index < -0.39 is 74.1 Å². The van der Waals surface area contributed by atoms with E-state index in [1.54, 1.807) is 42.5 Å². The van der Waals surface area contributed by atoms with Crippen molar-refractivity contribution in [2.45, 2.75) is 76.0 Å². The van der Waals surface area contributed by atoms with Crippen LogP contribution in [0.15, 0.2) is 71.2 Å². The number of phosphoric ester groups is 1. The second-order valence-corrected chi connectivity index (χ2v) is 14.1. The molecule has 294 valence electrons. The Morgan fingerprint density at radius 1 is 0.889 bits per heavy atom. The molecule has 0 radical (unpaired) electrons. The van der Waals surface area contributed by atoms with Crippen LogP contribution in [-0.2, 0) is 45.9 Å². The summed E-state index contributed by atoms with van der Waals surface area (Å²) in [6, 6.07) is 10.2. The summed E-state index contributed by atoms with van der Waals surface area (Å²) in [5, 5.41) is 20.4. The summed E-state index contributed by atoms with van der Waals surface area (Å²) in [4.78, 5) is 88.0. The molecule has 0 spiro atoms. The van der Waals surface area contributed by atoms with Gasteiger partial charge in [-0.1, -0.05) is 54.1 Å². The average Bonchev–Trinajstić information content (AvgIpc) is 3.56. The van der Waals surface area contributed by atoms with Gasteiger partial charge in [-0.25, -0.2) is 4.57 Å². The van der Waals surface area contributed by atoms with Gasteiger partial charge in [0.05, 0.1) is 18.6 Å². The van der Waals surface area contributed by atoms with Gasteiger partial charge in [-0.3, -0.25) is 33.5 Å². The number of phenols is 1. The first kappa shape index (κ1) is 43.1. The van der Waals surface area contributed by atoms with Crippen LogP contribution in [0.2, 0.25) is 0 Å². The van der Waals surface area contributed by atoms with Gasteiger partial charge >= 0.3 is 7.82 Å². The zero-order valence-electron chi connectivity index (χ0n) is 29.9. The van der Waals surface area contributed by atoms with Gasteiger partial charge in [-0.15, -0.1) is 0 Å². The van der Waals surface area contributed by atoms with Gasteiger partial charge in [0, 0.05) is 26.3 Å². The van der Waals surface area contributed by atoms with Crippen LogP contribution in [0.25, 0.3) is 0 Å². The van der Waals surface area contributed by atoms with Crippen molar-refractivity contribution in [1.29, 1.82) is 0 Å². The van der Waals surface area contributed by atoms with E-state index in [4.69, 9.17) is 21.7 Å². The summed E-state index contributed by atoms with van der Waals surface area (Å²) in [5.41, 5.74) is 18.0. The number of primary amides is 1. The monoisotopic (exact) mass is 772 g/mol. The number of benzene rings is 2. The molecule has 3 rings (SSSR count). The first-order valence-electron chi connectivity index (χ1n) is 17.3. The topological polar surface area (TPSA) is 311 Å². The van der Waals surface area contributed by atoms with Crippen LogP contribution in [0.4, 0.5) is 0 Å². The minimum atomic E-state index is -5.03. The SMILES string of the molecule is CC(=O)N[C@@H](Cc1ccccc1)C(=O)N[C@@H](Cc1ccc(O)cc1)C(=O)N[C@H](/C=C1\CCC[C@H]1C(=O)N[C@@H](CCCN=C(N)N)C(N)=O)COP(=O)(O)O. The molecule has 13 N–H and O–H groups in total. The van der Waals surface area contributed by atoms with Gasteiger partial charge in [0.1, 0.15) is 23.9 Å². The third-order valence-electron chi connectivity index (χ3n) is 8.48. The number of aliphatic imine (C=N–C) groups is 1. The zero-order valence-corrected chi connectivity index (χ0v) is 30.7. The fourth-order valence-corrected chi connectivity index (χ4v) is 6.29. The molecule has 5 atom stereocenters. The predicted octanol–water partition coefficient (Wildman–Crippen LogP) is -0.489. The molecular weight excluding hydrogens is 723 g/mol. The van der Waals surface area contributed by atoms with E-state index in [0.29, 0.717) is 36.8 Å². The van der Waals surface area contributed by atoms with E-state index in [2.05, 4.69) is 26.3 Å². The Morgan fingerprint density at radius 2 is 1.50 bits per heavy atom. The number of aromatic hydroxyl groups is 1. The molecule has 2 aromatic rings. The number of hydrogen-bond donors (Lipinski definition) is 10. The molecule has 1 aliphatic carbocycles. The van der Waals surface area contributed by atoms with Crippen LogP contribution in [0.5, 0.6) is 5.75 Å². The van der Waals surface area contributed by atoms with E-state index in [1.165, 1.54) is 25.1 Å². The number of carbonyl (C=O) groups is 5. The highest BCUT2D eigenvalue weighted by Crippen LogP contribution is 2.36. The maximum absolute atomic E-state index is 14.0. The van der Waals surface area contributed by atoms with Crippen molar-refractivity contribution < 1.29 is 48.0 Å². The van der Waals surface area contributed by atoms with Gasteiger partial charge in [-0.2, -0.15) is 0 Å². The first-order valence-corrected chi connectivity index (χ1v) is 18.8. The van der Waals surface area contributed by atoms with Gasteiger partial charge in [0.15, 0.2) is 5.96 Å². The van der Waals surface area contributed by atoms with Crippen molar-refractivity contribution in [2.24, 2.45) is 28.1 Å². The Kier molecular flexibility index (Phi) is 16.6. The summed E-state index contributed by atoms with van der Waals surface area (Å²) in [7, 11) is -5.03. The van der Waals surface area contributed by atoms with E-state index in [9.17, 15) is 43.4 Å². The third-order valence-corrected chi connectivity index (χ3v) is 8.96. The number of phosphoric acid groups is 1. The molecule has 0 aliphatic heterocycles. The van der Waals surface area contributed by atoms with Gasteiger partial charge in [0.25, 0.3) is 0 Å². The van der Waals surface area contributed by atoms with E-state index in [0.717, 1.165) is 5.56 Å². The molecule has 0 heterocycles. The van der Waals surface area contributed by atoms with E-state index in [1.807, 2.05) is 0 Å². The number of nitrogens with two attached hydrogens (primary N) is 3. The van der Waals surface area contributed by atoms with Crippen molar-refractivity contribution in [2.75, 3.05) is 13.2 Å². The summed E-state index contributed by atoms with van der Waals surface area (Å²) in [6.45, 7) is 0.766. The second-order valence-electron chi connectivity index (χ2n) is 12.9. The van der Waals surface area contributed by atoms with Gasteiger partial charge < -0.3 is 53.4 Å². The molecule has 54 heavy (non-hydrogen) atoms. The summed E-state index contributed by atoms with van der Waals surface area (Å²) >= 11 is 0. The molecule has 0 unspecified atom stereocenters. The molecule has 0 aromatic heterocycles.